The zero-order chi connectivity index (χ0) is 14.0. The van der Waals surface area contributed by atoms with Gasteiger partial charge in [0.15, 0.2) is 0 Å². The van der Waals surface area contributed by atoms with Gasteiger partial charge in [-0.15, -0.1) is 0 Å². The van der Waals surface area contributed by atoms with Crippen molar-refractivity contribution in [2.75, 3.05) is 26.7 Å². The van der Waals surface area contributed by atoms with Gasteiger partial charge >= 0.3 is 12.0 Å². The van der Waals surface area contributed by atoms with Gasteiger partial charge in [0.1, 0.15) is 6.04 Å². The molecule has 108 valence electrons. The number of amides is 2. The normalized spacial score (nSPS) is 32.3. The summed E-state index contributed by atoms with van der Waals surface area (Å²) in [5.74, 6) is -0.502. The summed E-state index contributed by atoms with van der Waals surface area (Å²) in [6.07, 6.45) is 2.26. The van der Waals surface area contributed by atoms with Gasteiger partial charge in [-0.2, -0.15) is 0 Å². The molecule has 19 heavy (non-hydrogen) atoms. The van der Waals surface area contributed by atoms with Crippen LogP contribution in [0.15, 0.2) is 0 Å². The number of carboxylic acids is 1. The van der Waals surface area contributed by atoms with Crippen LogP contribution in [-0.2, 0) is 4.79 Å². The topological polar surface area (TPSA) is 72.9 Å². The van der Waals surface area contributed by atoms with Crippen LogP contribution in [0.1, 0.15) is 26.2 Å². The molecule has 2 saturated heterocycles. The molecule has 2 rings (SSSR count). The van der Waals surface area contributed by atoms with Gasteiger partial charge in [0.25, 0.3) is 0 Å². The molecule has 2 heterocycles. The summed E-state index contributed by atoms with van der Waals surface area (Å²) in [7, 11) is 2.08. The minimum atomic E-state index is -0.899. The van der Waals surface area contributed by atoms with E-state index in [1.165, 1.54) is 4.90 Å². The number of aliphatic carboxylic acids is 1. The highest BCUT2D eigenvalue weighted by Crippen LogP contribution is 2.20. The first kappa shape index (κ1) is 14.1. The Kier molecular flexibility index (Phi) is 4.29. The molecule has 0 aliphatic carbocycles. The molecule has 3 atom stereocenters. The van der Waals surface area contributed by atoms with Crippen LogP contribution in [0, 0.1) is 5.92 Å². The standard InChI is InChI=1S/C13H23N3O3/c1-9-8-15(2)7-5-10(9)14-13(19)16-6-3-4-11(16)12(17)18/h9-11H,3-8H2,1-2H3,(H,14,19)(H,17,18)/t9?,10?,11-/m0/s1. The average Bonchev–Trinajstić information content (AvgIpc) is 2.82. The number of nitrogens with zero attached hydrogens (tertiary/aromatic N) is 2. The Hall–Kier alpha value is -1.30. The molecule has 6 nitrogen and oxygen atoms in total. The summed E-state index contributed by atoms with van der Waals surface area (Å²) >= 11 is 0. The molecule has 2 fully saturated rings. The number of carbonyl (C=O) groups is 2. The molecule has 2 unspecified atom stereocenters. The Balaban J connectivity index is 1.92. The Morgan fingerprint density at radius 2 is 2.00 bits per heavy atom. The molecule has 0 aromatic carbocycles. The number of hydrogen-bond donors (Lipinski definition) is 2. The van der Waals surface area contributed by atoms with Gasteiger partial charge in [-0.25, -0.2) is 9.59 Å². The van der Waals surface area contributed by atoms with Crippen LogP contribution in [0.3, 0.4) is 0 Å². The number of piperidine rings is 1. The van der Waals surface area contributed by atoms with Gasteiger partial charge in [0.2, 0.25) is 0 Å². The van der Waals surface area contributed by atoms with Crippen LogP contribution >= 0.6 is 0 Å². The van der Waals surface area contributed by atoms with Gasteiger partial charge in [-0.05, 0) is 38.8 Å². The van der Waals surface area contributed by atoms with Crippen molar-refractivity contribution in [2.24, 2.45) is 5.92 Å². The number of likely N-dealkylation sites (tertiary alicyclic amines) is 2. The summed E-state index contributed by atoms with van der Waals surface area (Å²) in [5.41, 5.74) is 0. The fourth-order valence-corrected chi connectivity index (χ4v) is 3.08. The smallest absolute Gasteiger partial charge is 0.326 e. The quantitative estimate of drug-likeness (QED) is 0.769. The lowest BCUT2D eigenvalue weighted by molar-refractivity contribution is -0.141. The van der Waals surface area contributed by atoms with Crippen molar-refractivity contribution >= 4 is 12.0 Å². The van der Waals surface area contributed by atoms with Crippen LogP contribution in [-0.4, -0.2) is 65.7 Å². The molecule has 0 aromatic heterocycles. The molecule has 2 N–H and O–H groups in total. The van der Waals surface area contributed by atoms with Gasteiger partial charge < -0.3 is 20.2 Å². The minimum absolute atomic E-state index is 0.152. The predicted molar refractivity (Wildman–Crippen MR) is 71.0 cm³/mol. The Morgan fingerprint density at radius 3 is 2.63 bits per heavy atom. The zero-order valence-electron chi connectivity index (χ0n) is 11.6. The molecule has 0 saturated carbocycles. The molecule has 2 aliphatic rings. The van der Waals surface area contributed by atoms with E-state index >= 15 is 0 Å². The average molecular weight is 269 g/mol. The highest BCUT2D eigenvalue weighted by Gasteiger charge is 2.35. The summed E-state index contributed by atoms with van der Waals surface area (Å²) in [6, 6.07) is -0.716. The number of hydrogen-bond acceptors (Lipinski definition) is 3. The molecule has 0 bridgehead atoms. The van der Waals surface area contributed by atoms with Crippen molar-refractivity contribution in [3.05, 3.63) is 0 Å². The Bertz CT molecular complexity index is 361. The van der Waals surface area contributed by atoms with E-state index in [0.717, 1.165) is 25.9 Å². The van der Waals surface area contributed by atoms with Gasteiger partial charge in [-0.1, -0.05) is 6.92 Å². The van der Waals surface area contributed by atoms with Crippen molar-refractivity contribution in [3.63, 3.8) is 0 Å². The maximum absolute atomic E-state index is 12.2. The second-order valence-electron chi connectivity index (χ2n) is 5.77. The third-order valence-electron chi connectivity index (χ3n) is 4.22. The summed E-state index contributed by atoms with van der Waals surface area (Å²) in [4.78, 5) is 27.0. The van der Waals surface area contributed by atoms with E-state index in [4.69, 9.17) is 5.11 Å². The molecular weight excluding hydrogens is 246 g/mol. The van der Waals surface area contributed by atoms with E-state index in [0.29, 0.717) is 18.9 Å². The maximum Gasteiger partial charge on any atom is 0.326 e. The fourth-order valence-electron chi connectivity index (χ4n) is 3.08. The summed E-state index contributed by atoms with van der Waals surface area (Å²) in [6.45, 7) is 4.61. The third-order valence-corrected chi connectivity index (χ3v) is 4.22. The molecule has 2 amide bonds. The van der Waals surface area contributed by atoms with Crippen molar-refractivity contribution < 1.29 is 14.7 Å². The first-order chi connectivity index (χ1) is 8.99. The van der Waals surface area contributed by atoms with E-state index in [2.05, 4.69) is 24.2 Å². The van der Waals surface area contributed by atoms with E-state index in [1.54, 1.807) is 0 Å². The van der Waals surface area contributed by atoms with Crippen LogP contribution in [0.5, 0.6) is 0 Å². The molecular formula is C13H23N3O3. The summed E-state index contributed by atoms with van der Waals surface area (Å²) in [5, 5.41) is 12.1. The third kappa shape index (κ3) is 3.18. The number of rotatable bonds is 2. The maximum atomic E-state index is 12.2. The fraction of sp³-hybridized carbons (Fsp3) is 0.846. The van der Waals surface area contributed by atoms with Crippen molar-refractivity contribution in [1.82, 2.24) is 15.1 Å². The molecule has 0 aromatic rings. The lowest BCUT2D eigenvalue weighted by Crippen LogP contribution is -2.54. The Labute approximate surface area is 113 Å². The zero-order valence-corrected chi connectivity index (χ0v) is 11.6. The highest BCUT2D eigenvalue weighted by molar-refractivity contribution is 5.83. The monoisotopic (exact) mass is 269 g/mol. The van der Waals surface area contributed by atoms with Crippen molar-refractivity contribution in [3.8, 4) is 0 Å². The highest BCUT2D eigenvalue weighted by atomic mass is 16.4. The second-order valence-corrected chi connectivity index (χ2v) is 5.77. The number of carbonyl (C=O) groups excluding carboxylic acids is 1. The minimum Gasteiger partial charge on any atom is -0.480 e. The molecule has 6 heteroatoms. The van der Waals surface area contributed by atoms with Gasteiger partial charge in [0.05, 0.1) is 0 Å². The van der Waals surface area contributed by atoms with E-state index < -0.39 is 12.0 Å². The number of nitrogens with one attached hydrogen (secondary N) is 1. The molecule has 0 spiro atoms. The van der Waals surface area contributed by atoms with Crippen LogP contribution in [0.25, 0.3) is 0 Å². The SMILES string of the molecule is CC1CN(C)CCC1NC(=O)N1CCC[C@H]1C(=O)O. The number of carboxylic acid groups (broad SMARTS) is 1. The van der Waals surface area contributed by atoms with E-state index in [9.17, 15) is 9.59 Å². The van der Waals surface area contributed by atoms with Crippen LogP contribution in [0.4, 0.5) is 4.79 Å². The second kappa shape index (κ2) is 5.77. The Morgan fingerprint density at radius 1 is 1.26 bits per heavy atom. The first-order valence-electron chi connectivity index (χ1n) is 6.97. The molecule has 0 radical (unpaired) electrons. The van der Waals surface area contributed by atoms with Crippen LogP contribution in [0.2, 0.25) is 0 Å². The van der Waals surface area contributed by atoms with Gasteiger partial charge in [-0.3, -0.25) is 0 Å². The van der Waals surface area contributed by atoms with Crippen molar-refractivity contribution in [2.45, 2.75) is 38.3 Å². The predicted octanol–water partition coefficient (Wildman–Crippen LogP) is 0.585. The van der Waals surface area contributed by atoms with E-state index in [-0.39, 0.29) is 12.1 Å². The lowest BCUT2D eigenvalue weighted by atomic mass is 9.94. The number of urea groups is 1. The summed E-state index contributed by atoms with van der Waals surface area (Å²) < 4.78 is 0. The van der Waals surface area contributed by atoms with Gasteiger partial charge in [0, 0.05) is 19.1 Å². The molecule has 2 aliphatic heterocycles. The van der Waals surface area contributed by atoms with Crippen LogP contribution < -0.4 is 5.32 Å². The van der Waals surface area contributed by atoms with E-state index in [1.807, 2.05) is 0 Å². The lowest BCUT2D eigenvalue weighted by Gasteiger charge is -2.36. The first-order valence-corrected chi connectivity index (χ1v) is 6.97. The largest absolute Gasteiger partial charge is 0.480 e. The van der Waals surface area contributed by atoms with Crippen molar-refractivity contribution in [1.29, 1.82) is 0 Å².